The van der Waals surface area contributed by atoms with E-state index in [9.17, 15) is 14.7 Å². The number of amides is 2. The molecule has 0 bridgehead atoms. The maximum atomic E-state index is 13.0. The summed E-state index contributed by atoms with van der Waals surface area (Å²) in [6.45, 7) is 2.11. The van der Waals surface area contributed by atoms with Crippen LogP contribution in [0.3, 0.4) is 0 Å². The molecule has 1 saturated carbocycles. The Bertz CT molecular complexity index is 875. The van der Waals surface area contributed by atoms with Crippen molar-refractivity contribution >= 4 is 23.4 Å². The number of carbonyl (C=O) groups excluding carboxylic acids is 2. The Morgan fingerprint density at radius 3 is 2.59 bits per heavy atom. The van der Waals surface area contributed by atoms with E-state index in [4.69, 9.17) is 11.6 Å². The van der Waals surface area contributed by atoms with Gasteiger partial charge in [0.15, 0.2) is 5.69 Å². The SMILES string of the molecule is CNC(=O)c1cc(C(=O)N[C@H]2CC[C@H](CO)CC2)n([C@@H](C)c2cccc(Cl)c2)n1. The third-order valence-electron chi connectivity index (χ3n) is 5.57. The number of rotatable bonds is 6. The molecule has 1 aromatic carbocycles. The van der Waals surface area contributed by atoms with Crippen LogP contribution in [0.25, 0.3) is 0 Å². The van der Waals surface area contributed by atoms with Crippen molar-refractivity contribution in [3.05, 3.63) is 52.3 Å². The zero-order chi connectivity index (χ0) is 21.0. The van der Waals surface area contributed by atoms with Crippen molar-refractivity contribution in [2.45, 2.75) is 44.7 Å². The minimum atomic E-state index is -0.348. The zero-order valence-electron chi connectivity index (χ0n) is 16.7. The quantitative estimate of drug-likeness (QED) is 0.672. The van der Waals surface area contributed by atoms with Crippen molar-refractivity contribution in [2.24, 2.45) is 5.92 Å². The maximum Gasteiger partial charge on any atom is 0.271 e. The number of nitrogens with zero attached hydrogens (tertiary/aromatic N) is 2. The summed E-state index contributed by atoms with van der Waals surface area (Å²) in [6.07, 6.45) is 3.45. The zero-order valence-corrected chi connectivity index (χ0v) is 17.4. The van der Waals surface area contributed by atoms with Crippen molar-refractivity contribution in [1.29, 1.82) is 0 Å². The fourth-order valence-electron chi connectivity index (χ4n) is 3.75. The maximum absolute atomic E-state index is 13.0. The van der Waals surface area contributed by atoms with Gasteiger partial charge in [0.2, 0.25) is 0 Å². The molecule has 0 unspecified atom stereocenters. The molecule has 0 saturated heterocycles. The van der Waals surface area contributed by atoms with Crippen molar-refractivity contribution in [3.63, 3.8) is 0 Å². The van der Waals surface area contributed by atoms with Gasteiger partial charge in [0.05, 0.1) is 6.04 Å². The molecule has 0 spiro atoms. The standard InChI is InChI=1S/C21H27ClN4O3/c1-13(15-4-3-5-16(22)10-15)26-19(11-18(25-26)20(28)23-2)21(29)24-17-8-6-14(12-27)7-9-17/h3-5,10-11,13-14,17,27H,6-9,12H2,1-2H3,(H,23,28)(H,24,29)/t13-,14-,17-/m0/s1. The molecule has 1 atom stereocenters. The molecule has 2 aromatic rings. The number of carbonyl (C=O) groups is 2. The number of hydrogen-bond acceptors (Lipinski definition) is 4. The van der Waals surface area contributed by atoms with E-state index in [0.717, 1.165) is 31.2 Å². The summed E-state index contributed by atoms with van der Waals surface area (Å²) in [6, 6.07) is 8.66. The fraction of sp³-hybridized carbons (Fsp3) is 0.476. The van der Waals surface area contributed by atoms with Crippen LogP contribution >= 0.6 is 11.6 Å². The second-order valence-electron chi connectivity index (χ2n) is 7.54. The summed E-state index contributed by atoms with van der Waals surface area (Å²) in [5.41, 5.74) is 1.41. The van der Waals surface area contributed by atoms with Gasteiger partial charge in [0.1, 0.15) is 5.69 Å². The Kier molecular flexibility index (Phi) is 6.92. The summed E-state index contributed by atoms with van der Waals surface area (Å²) in [4.78, 5) is 25.1. The minimum absolute atomic E-state index is 0.0542. The predicted molar refractivity (Wildman–Crippen MR) is 111 cm³/mol. The molecule has 3 rings (SSSR count). The summed E-state index contributed by atoms with van der Waals surface area (Å²) >= 11 is 6.12. The van der Waals surface area contributed by atoms with E-state index in [1.54, 1.807) is 10.7 Å². The largest absolute Gasteiger partial charge is 0.396 e. The number of aliphatic hydroxyl groups is 1. The first-order valence-corrected chi connectivity index (χ1v) is 10.3. The second-order valence-corrected chi connectivity index (χ2v) is 7.98. The monoisotopic (exact) mass is 418 g/mol. The van der Waals surface area contributed by atoms with Crippen LogP contribution < -0.4 is 10.6 Å². The molecule has 2 amide bonds. The van der Waals surface area contributed by atoms with Crippen molar-refractivity contribution in [1.82, 2.24) is 20.4 Å². The molecule has 29 heavy (non-hydrogen) atoms. The highest BCUT2D eigenvalue weighted by molar-refractivity contribution is 6.30. The van der Waals surface area contributed by atoms with Gasteiger partial charge in [-0.1, -0.05) is 23.7 Å². The normalized spacial score (nSPS) is 20.1. The van der Waals surface area contributed by atoms with Crippen molar-refractivity contribution < 1.29 is 14.7 Å². The average Bonchev–Trinajstić information content (AvgIpc) is 3.19. The van der Waals surface area contributed by atoms with Gasteiger partial charge >= 0.3 is 0 Å². The van der Waals surface area contributed by atoms with Gasteiger partial charge in [-0.3, -0.25) is 14.3 Å². The number of hydrogen-bond donors (Lipinski definition) is 3. The summed E-state index contributed by atoms with van der Waals surface area (Å²) in [7, 11) is 1.53. The van der Waals surface area contributed by atoms with Crippen LogP contribution in [0.2, 0.25) is 5.02 Å². The van der Waals surface area contributed by atoms with E-state index in [1.165, 1.54) is 13.1 Å². The number of nitrogens with one attached hydrogen (secondary N) is 2. The Hall–Kier alpha value is -2.38. The molecule has 3 N–H and O–H groups in total. The van der Waals surface area contributed by atoms with Crippen LogP contribution in [0.1, 0.15) is 65.2 Å². The molecule has 1 aromatic heterocycles. The van der Waals surface area contributed by atoms with Crippen LogP contribution in [-0.2, 0) is 0 Å². The van der Waals surface area contributed by atoms with Crippen LogP contribution in [0.4, 0.5) is 0 Å². The molecule has 1 aliphatic rings. The Morgan fingerprint density at radius 1 is 1.24 bits per heavy atom. The summed E-state index contributed by atoms with van der Waals surface area (Å²) in [5.74, 6) is -0.287. The molecule has 156 valence electrons. The van der Waals surface area contributed by atoms with Gasteiger partial charge in [0.25, 0.3) is 11.8 Å². The first kappa shape index (κ1) is 21.3. The highest BCUT2D eigenvalue weighted by Crippen LogP contribution is 2.25. The number of aliphatic hydroxyl groups excluding tert-OH is 1. The Labute approximate surface area is 175 Å². The minimum Gasteiger partial charge on any atom is -0.396 e. The van der Waals surface area contributed by atoms with E-state index in [0.29, 0.717) is 16.6 Å². The summed E-state index contributed by atoms with van der Waals surface area (Å²) < 4.78 is 1.57. The van der Waals surface area contributed by atoms with Gasteiger partial charge in [-0.15, -0.1) is 0 Å². The number of aromatic nitrogens is 2. The third kappa shape index (κ3) is 4.97. The average molecular weight is 419 g/mol. The van der Waals surface area contributed by atoms with E-state index < -0.39 is 0 Å². The van der Waals surface area contributed by atoms with Crippen molar-refractivity contribution in [3.8, 4) is 0 Å². The smallest absolute Gasteiger partial charge is 0.271 e. The van der Waals surface area contributed by atoms with Crippen molar-refractivity contribution in [2.75, 3.05) is 13.7 Å². The van der Waals surface area contributed by atoms with Crippen LogP contribution in [0, 0.1) is 5.92 Å². The van der Waals surface area contributed by atoms with Gasteiger partial charge in [-0.2, -0.15) is 5.10 Å². The Morgan fingerprint density at radius 2 is 1.97 bits per heavy atom. The molecule has 7 nitrogen and oxygen atoms in total. The van der Waals surface area contributed by atoms with E-state index in [-0.39, 0.29) is 36.2 Å². The van der Waals surface area contributed by atoms with Crippen LogP contribution in [0.15, 0.2) is 30.3 Å². The summed E-state index contributed by atoms with van der Waals surface area (Å²) in [5, 5.41) is 19.9. The second kappa shape index (κ2) is 9.41. The van der Waals surface area contributed by atoms with Gasteiger partial charge in [-0.05, 0) is 56.2 Å². The molecule has 8 heteroatoms. The first-order valence-electron chi connectivity index (χ1n) is 9.91. The molecule has 1 heterocycles. The molecular formula is C21H27ClN4O3. The fourth-order valence-corrected chi connectivity index (χ4v) is 3.95. The predicted octanol–water partition coefficient (Wildman–Crippen LogP) is 2.79. The molecule has 1 fully saturated rings. The highest BCUT2D eigenvalue weighted by atomic mass is 35.5. The van der Waals surface area contributed by atoms with Gasteiger partial charge < -0.3 is 15.7 Å². The lowest BCUT2D eigenvalue weighted by Gasteiger charge is -2.28. The van der Waals surface area contributed by atoms with E-state index in [2.05, 4.69) is 15.7 Å². The van der Waals surface area contributed by atoms with E-state index in [1.807, 2.05) is 25.1 Å². The number of halogens is 1. The lowest BCUT2D eigenvalue weighted by atomic mass is 9.86. The third-order valence-corrected chi connectivity index (χ3v) is 5.80. The van der Waals surface area contributed by atoms with E-state index >= 15 is 0 Å². The Balaban J connectivity index is 1.85. The first-order chi connectivity index (χ1) is 13.9. The molecular weight excluding hydrogens is 392 g/mol. The number of benzene rings is 1. The van der Waals surface area contributed by atoms with Crippen LogP contribution in [0.5, 0.6) is 0 Å². The van der Waals surface area contributed by atoms with Crippen LogP contribution in [-0.4, -0.2) is 46.4 Å². The lowest BCUT2D eigenvalue weighted by molar-refractivity contribution is 0.0900. The highest BCUT2D eigenvalue weighted by Gasteiger charge is 2.26. The van der Waals surface area contributed by atoms with Gasteiger partial charge in [-0.25, -0.2) is 0 Å². The van der Waals surface area contributed by atoms with Gasteiger partial charge in [0, 0.05) is 30.8 Å². The molecule has 0 radical (unpaired) electrons. The lowest BCUT2D eigenvalue weighted by Crippen LogP contribution is -2.39. The molecule has 0 aliphatic heterocycles. The molecule has 1 aliphatic carbocycles. The topological polar surface area (TPSA) is 96.3 Å².